The molecule has 0 radical (unpaired) electrons. The summed E-state index contributed by atoms with van der Waals surface area (Å²) in [5.41, 5.74) is 1.23. The monoisotopic (exact) mass is 273 g/mol. The summed E-state index contributed by atoms with van der Waals surface area (Å²) in [6.45, 7) is 3.16. The maximum Gasteiger partial charge on any atom is 0.123 e. The van der Waals surface area contributed by atoms with Crippen LogP contribution in [0.15, 0.2) is 36.7 Å². The van der Waals surface area contributed by atoms with Crippen molar-refractivity contribution in [3.8, 4) is 5.75 Å². The molecule has 2 N–H and O–H groups in total. The van der Waals surface area contributed by atoms with Gasteiger partial charge in [0.1, 0.15) is 11.6 Å². The Bertz CT molecular complexity index is 496. The van der Waals surface area contributed by atoms with Gasteiger partial charge in [-0.1, -0.05) is 25.1 Å². The van der Waals surface area contributed by atoms with E-state index in [0.717, 1.165) is 37.4 Å². The fraction of sp³-hybridized carbons (Fsp3) is 0.438. The first-order valence-corrected chi connectivity index (χ1v) is 7.19. The fourth-order valence-electron chi connectivity index (χ4n) is 2.40. The van der Waals surface area contributed by atoms with E-state index < -0.39 is 0 Å². The number of nitrogens with one attached hydrogen (secondary N) is 2. The zero-order valence-electron chi connectivity index (χ0n) is 12.2. The highest BCUT2D eigenvalue weighted by Crippen LogP contribution is 2.26. The van der Waals surface area contributed by atoms with Crippen LogP contribution in [0.1, 0.15) is 37.2 Å². The van der Waals surface area contributed by atoms with E-state index in [2.05, 4.69) is 34.3 Å². The number of aryl methyl sites for hydroxylation is 1. The highest BCUT2D eigenvalue weighted by atomic mass is 16.5. The van der Waals surface area contributed by atoms with E-state index in [0.29, 0.717) is 6.04 Å². The predicted molar refractivity (Wildman–Crippen MR) is 80.9 cm³/mol. The number of ether oxygens (including phenoxy) is 1. The molecular formula is C16H23N3O. The molecule has 1 unspecified atom stereocenters. The van der Waals surface area contributed by atoms with Crippen LogP contribution in [0.3, 0.4) is 0 Å². The Kier molecular flexibility index (Phi) is 5.62. The number of H-pyrrole nitrogens is 1. The Balaban J connectivity index is 1.85. The molecule has 0 aliphatic heterocycles. The van der Waals surface area contributed by atoms with Gasteiger partial charge in [0.15, 0.2) is 0 Å². The van der Waals surface area contributed by atoms with E-state index in [1.54, 1.807) is 13.3 Å². The van der Waals surface area contributed by atoms with Crippen LogP contribution in [0.2, 0.25) is 0 Å². The molecule has 0 amide bonds. The number of imidazole rings is 1. The Morgan fingerprint density at radius 3 is 2.90 bits per heavy atom. The van der Waals surface area contributed by atoms with E-state index in [1.807, 2.05) is 18.3 Å². The van der Waals surface area contributed by atoms with Gasteiger partial charge in [-0.15, -0.1) is 0 Å². The first-order valence-electron chi connectivity index (χ1n) is 7.19. The third kappa shape index (κ3) is 3.84. The van der Waals surface area contributed by atoms with Crippen LogP contribution in [-0.4, -0.2) is 23.6 Å². The number of aromatic amines is 1. The van der Waals surface area contributed by atoms with Crippen molar-refractivity contribution in [1.82, 2.24) is 15.3 Å². The Hall–Kier alpha value is -1.81. The van der Waals surface area contributed by atoms with Crippen LogP contribution in [-0.2, 0) is 6.42 Å². The van der Waals surface area contributed by atoms with Gasteiger partial charge in [0.05, 0.1) is 7.11 Å². The molecule has 0 spiro atoms. The van der Waals surface area contributed by atoms with Gasteiger partial charge in [0.2, 0.25) is 0 Å². The van der Waals surface area contributed by atoms with Crippen LogP contribution in [0, 0.1) is 0 Å². The van der Waals surface area contributed by atoms with Crippen molar-refractivity contribution in [3.05, 3.63) is 48.0 Å². The molecule has 0 fully saturated rings. The fourth-order valence-corrected chi connectivity index (χ4v) is 2.40. The minimum absolute atomic E-state index is 0.336. The maximum atomic E-state index is 5.44. The van der Waals surface area contributed by atoms with Crippen molar-refractivity contribution in [3.63, 3.8) is 0 Å². The first-order chi connectivity index (χ1) is 9.85. The van der Waals surface area contributed by atoms with Crippen molar-refractivity contribution in [2.45, 2.75) is 32.2 Å². The topological polar surface area (TPSA) is 49.9 Å². The summed E-state index contributed by atoms with van der Waals surface area (Å²) in [5, 5.41) is 3.60. The lowest BCUT2D eigenvalue weighted by Crippen LogP contribution is -2.22. The maximum absolute atomic E-state index is 5.44. The zero-order chi connectivity index (χ0) is 14.2. The summed E-state index contributed by atoms with van der Waals surface area (Å²) in [5.74, 6) is 2.01. The number of para-hydroxylation sites is 1. The molecule has 108 valence electrons. The van der Waals surface area contributed by atoms with Crippen LogP contribution >= 0.6 is 0 Å². The van der Waals surface area contributed by atoms with E-state index in [4.69, 9.17) is 4.74 Å². The smallest absolute Gasteiger partial charge is 0.123 e. The summed E-state index contributed by atoms with van der Waals surface area (Å²) in [6, 6.07) is 8.55. The average Bonchev–Trinajstić information content (AvgIpc) is 3.01. The highest BCUT2D eigenvalue weighted by molar-refractivity contribution is 5.35. The quantitative estimate of drug-likeness (QED) is 0.727. The Morgan fingerprint density at radius 2 is 2.20 bits per heavy atom. The Morgan fingerprint density at radius 1 is 1.35 bits per heavy atom. The van der Waals surface area contributed by atoms with Crippen LogP contribution in [0.4, 0.5) is 0 Å². The minimum Gasteiger partial charge on any atom is -0.496 e. The highest BCUT2D eigenvalue weighted by Gasteiger charge is 2.12. The van der Waals surface area contributed by atoms with Crippen molar-refractivity contribution >= 4 is 0 Å². The lowest BCUT2D eigenvalue weighted by atomic mass is 10.0. The minimum atomic E-state index is 0.336. The van der Waals surface area contributed by atoms with E-state index in [9.17, 15) is 0 Å². The number of methoxy groups -OCH3 is 1. The van der Waals surface area contributed by atoms with Crippen molar-refractivity contribution in [2.24, 2.45) is 0 Å². The number of benzene rings is 1. The number of nitrogens with zero attached hydrogens (tertiary/aromatic N) is 1. The van der Waals surface area contributed by atoms with Crippen LogP contribution in [0.5, 0.6) is 5.75 Å². The third-order valence-corrected chi connectivity index (χ3v) is 3.46. The number of hydrogen-bond donors (Lipinski definition) is 2. The summed E-state index contributed by atoms with van der Waals surface area (Å²) in [4.78, 5) is 7.37. The number of aromatic nitrogens is 2. The van der Waals surface area contributed by atoms with Crippen molar-refractivity contribution < 1.29 is 4.74 Å². The van der Waals surface area contributed by atoms with Gasteiger partial charge in [-0.3, -0.25) is 0 Å². The lowest BCUT2D eigenvalue weighted by molar-refractivity contribution is 0.396. The molecule has 0 saturated carbocycles. The number of hydrogen-bond acceptors (Lipinski definition) is 3. The van der Waals surface area contributed by atoms with Gasteiger partial charge in [-0.2, -0.15) is 0 Å². The average molecular weight is 273 g/mol. The predicted octanol–water partition coefficient (Wildman–Crippen LogP) is 3.09. The van der Waals surface area contributed by atoms with E-state index in [-0.39, 0.29) is 0 Å². The molecule has 1 heterocycles. The third-order valence-electron chi connectivity index (χ3n) is 3.46. The summed E-state index contributed by atoms with van der Waals surface area (Å²) >= 11 is 0. The molecule has 0 aliphatic rings. The van der Waals surface area contributed by atoms with Gasteiger partial charge in [0.25, 0.3) is 0 Å². The standard InChI is InChI=1S/C16H23N3O/c1-3-14(13-7-4-5-8-15(13)20-2)17-10-6-9-16-18-11-12-19-16/h4-5,7-8,11-12,14,17H,3,6,9-10H2,1-2H3,(H,18,19). The largest absolute Gasteiger partial charge is 0.496 e. The van der Waals surface area contributed by atoms with E-state index >= 15 is 0 Å². The van der Waals surface area contributed by atoms with Crippen molar-refractivity contribution in [2.75, 3.05) is 13.7 Å². The molecule has 4 heteroatoms. The van der Waals surface area contributed by atoms with Crippen LogP contribution in [0.25, 0.3) is 0 Å². The van der Waals surface area contributed by atoms with E-state index in [1.165, 1.54) is 5.56 Å². The van der Waals surface area contributed by atoms with Crippen LogP contribution < -0.4 is 10.1 Å². The second-order valence-electron chi connectivity index (χ2n) is 4.80. The van der Waals surface area contributed by atoms with Gasteiger partial charge in [-0.25, -0.2) is 4.98 Å². The molecule has 1 atom stereocenters. The summed E-state index contributed by atoms with van der Waals surface area (Å²) < 4.78 is 5.44. The molecule has 0 aliphatic carbocycles. The molecular weight excluding hydrogens is 250 g/mol. The Labute approximate surface area is 120 Å². The molecule has 1 aromatic carbocycles. The molecule has 1 aromatic heterocycles. The van der Waals surface area contributed by atoms with Gasteiger partial charge in [-0.05, 0) is 25.5 Å². The first kappa shape index (κ1) is 14.6. The van der Waals surface area contributed by atoms with Gasteiger partial charge < -0.3 is 15.0 Å². The SMILES string of the molecule is CCC(NCCCc1ncc[nH]1)c1ccccc1OC. The normalized spacial score (nSPS) is 12.3. The second kappa shape index (κ2) is 7.70. The summed E-state index contributed by atoms with van der Waals surface area (Å²) in [7, 11) is 1.72. The zero-order valence-corrected chi connectivity index (χ0v) is 12.2. The van der Waals surface area contributed by atoms with Gasteiger partial charge in [0, 0.05) is 30.4 Å². The van der Waals surface area contributed by atoms with Crippen molar-refractivity contribution in [1.29, 1.82) is 0 Å². The second-order valence-corrected chi connectivity index (χ2v) is 4.80. The molecule has 4 nitrogen and oxygen atoms in total. The molecule has 2 aromatic rings. The molecule has 20 heavy (non-hydrogen) atoms. The van der Waals surface area contributed by atoms with Gasteiger partial charge >= 0.3 is 0 Å². The number of rotatable bonds is 8. The molecule has 2 rings (SSSR count). The molecule has 0 saturated heterocycles. The summed E-state index contributed by atoms with van der Waals surface area (Å²) in [6.07, 6.45) is 6.75. The molecule has 0 bridgehead atoms. The lowest BCUT2D eigenvalue weighted by Gasteiger charge is -2.19.